The fraction of sp³-hybridized carbons (Fsp3) is 0.771. The Bertz CT molecular complexity index is 1940. The molecular formula is C48H67N3O13. The minimum Gasteiger partial charge on any atom is -0.445 e. The maximum absolute atomic E-state index is 14.4. The number of nitrogens with two attached hydrogens (primary N) is 1. The number of ether oxygens (including phenoxy) is 9. The number of anilines is 1. The second-order valence-corrected chi connectivity index (χ2v) is 20.3. The van der Waals surface area contributed by atoms with Gasteiger partial charge in [0.25, 0.3) is 0 Å². The van der Waals surface area contributed by atoms with E-state index in [1.807, 2.05) is 0 Å². The molecule has 10 aliphatic heterocycles. The van der Waals surface area contributed by atoms with E-state index in [9.17, 15) is 19.8 Å². The van der Waals surface area contributed by atoms with Crippen molar-refractivity contribution in [3.63, 3.8) is 0 Å². The largest absolute Gasteiger partial charge is 0.445 e. The average Bonchev–Trinajstić information content (AvgIpc) is 3.88. The van der Waals surface area contributed by atoms with E-state index in [4.69, 9.17) is 53.4 Å². The third-order valence-electron chi connectivity index (χ3n) is 15.8. The molecule has 64 heavy (non-hydrogen) atoms. The van der Waals surface area contributed by atoms with Crippen molar-refractivity contribution in [2.75, 3.05) is 19.4 Å². The van der Waals surface area contributed by atoms with Crippen LogP contribution in [-0.4, -0.2) is 138 Å². The molecule has 1 aromatic carbocycles. The first-order chi connectivity index (χ1) is 30.8. The fourth-order valence-electron chi connectivity index (χ4n) is 12.7. The SMILES string of the molecule is C=C1C[C@@H]2CC[C@]34C[C@@H](O)[C@H](O3)C3O[C@H]5CC[C@@H]6CC(=O)C[C@@H]7[C@@H](OC)[C@@H](C[C@H](O)CNC(=O)OCc8ccc(N)cc8)O[C@H]7C[C@H]7O[C@@H](CC[C@@H]1O2)C[C@@H](C)/C7=N/[C@@]5(O6)[C@H](O4)C3C. The Kier molecular flexibility index (Phi) is 12.5. The Balaban J connectivity index is 0.956. The topological polar surface area (TPSA) is 208 Å². The van der Waals surface area contributed by atoms with Crippen molar-refractivity contribution in [3.8, 4) is 0 Å². The van der Waals surface area contributed by atoms with Gasteiger partial charge in [0.2, 0.25) is 5.72 Å². The number of nitrogens with zero attached hydrogens (tertiary/aromatic N) is 1. The van der Waals surface area contributed by atoms with Crippen molar-refractivity contribution in [3.05, 3.63) is 42.0 Å². The number of benzene rings is 1. The molecule has 19 atom stereocenters. The lowest BCUT2D eigenvalue weighted by atomic mass is 9.75. The summed E-state index contributed by atoms with van der Waals surface area (Å²) in [5.74, 6) is -1.70. The van der Waals surface area contributed by atoms with Gasteiger partial charge < -0.3 is 63.9 Å². The normalized spacial score (nSPS) is 46.4. The van der Waals surface area contributed by atoms with Gasteiger partial charge in [-0.15, -0.1) is 0 Å². The highest BCUT2D eigenvalue weighted by Crippen LogP contribution is 2.55. The van der Waals surface area contributed by atoms with Gasteiger partial charge in [-0.1, -0.05) is 32.6 Å². The number of aliphatic hydroxyl groups excluding tert-OH is 2. The van der Waals surface area contributed by atoms with Gasteiger partial charge in [0.05, 0.1) is 67.1 Å². The first-order valence-electron chi connectivity index (χ1n) is 23.9. The van der Waals surface area contributed by atoms with E-state index in [0.717, 1.165) is 42.5 Å². The molecule has 0 saturated carbocycles. The van der Waals surface area contributed by atoms with Crippen molar-refractivity contribution in [1.82, 2.24) is 5.32 Å². The van der Waals surface area contributed by atoms with Gasteiger partial charge in [-0.3, -0.25) is 9.79 Å². The van der Waals surface area contributed by atoms with Crippen molar-refractivity contribution in [2.45, 2.75) is 201 Å². The molecule has 11 bridgehead atoms. The number of amides is 1. The van der Waals surface area contributed by atoms with E-state index in [-0.39, 0.29) is 74.3 Å². The minimum absolute atomic E-state index is 0.00971. The highest BCUT2D eigenvalue weighted by Gasteiger charge is 2.68. The number of methoxy groups -OCH3 is 1. The molecule has 2 unspecified atom stereocenters. The molecule has 1 amide bonds. The minimum atomic E-state index is -1.30. The highest BCUT2D eigenvalue weighted by molar-refractivity contribution is 5.92. The predicted molar refractivity (Wildman–Crippen MR) is 230 cm³/mol. The first-order valence-corrected chi connectivity index (χ1v) is 23.9. The molecular weight excluding hydrogens is 827 g/mol. The summed E-state index contributed by atoms with van der Waals surface area (Å²) >= 11 is 0. The van der Waals surface area contributed by atoms with Crippen LogP contribution in [0.5, 0.6) is 0 Å². The van der Waals surface area contributed by atoms with E-state index < -0.39 is 84.7 Å². The summed E-state index contributed by atoms with van der Waals surface area (Å²) in [6.45, 7) is 8.71. The smallest absolute Gasteiger partial charge is 0.407 e. The van der Waals surface area contributed by atoms with Crippen LogP contribution in [0.2, 0.25) is 0 Å². The Hall–Kier alpha value is -3.03. The summed E-state index contributed by atoms with van der Waals surface area (Å²) in [5.41, 5.74) is 7.81. The van der Waals surface area contributed by atoms with Gasteiger partial charge in [-0.2, -0.15) is 0 Å². The fourth-order valence-corrected chi connectivity index (χ4v) is 12.7. The highest BCUT2D eigenvalue weighted by atomic mass is 16.7. The van der Waals surface area contributed by atoms with Gasteiger partial charge in [0.1, 0.15) is 30.7 Å². The van der Waals surface area contributed by atoms with Crippen molar-refractivity contribution in [2.24, 2.45) is 22.7 Å². The molecule has 11 rings (SSSR count). The van der Waals surface area contributed by atoms with Crippen molar-refractivity contribution in [1.29, 1.82) is 0 Å². The molecule has 10 aliphatic rings. The Morgan fingerprint density at radius 3 is 2.56 bits per heavy atom. The van der Waals surface area contributed by atoms with Crippen LogP contribution in [0.4, 0.5) is 10.5 Å². The summed E-state index contributed by atoms with van der Waals surface area (Å²) in [6.07, 6.45) is -0.702. The zero-order valence-corrected chi connectivity index (χ0v) is 37.3. The third-order valence-corrected chi connectivity index (χ3v) is 15.8. The van der Waals surface area contributed by atoms with Gasteiger partial charge in [-0.05, 0) is 74.1 Å². The van der Waals surface area contributed by atoms with E-state index in [1.165, 1.54) is 0 Å². The molecule has 5 N–H and O–H groups in total. The van der Waals surface area contributed by atoms with Gasteiger partial charge in [0, 0.05) is 75.4 Å². The molecule has 16 heteroatoms. The van der Waals surface area contributed by atoms with Crippen LogP contribution >= 0.6 is 0 Å². The molecule has 2 spiro atoms. The molecule has 7 fully saturated rings. The quantitative estimate of drug-likeness (QED) is 0.221. The monoisotopic (exact) mass is 893 g/mol. The lowest BCUT2D eigenvalue weighted by Gasteiger charge is -2.56. The predicted octanol–water partition coefficient (Wildman–Crippen LogP) is 4.44. The number of ketones is 1. The Labute approximate surface area is 375 Å². The molecule has 0 aliphatic carbocycles. The lowest BCUT2D eigenvalue weighted by molar-refractivity contribution is -0.330. The number of alkyl carbamates (subject to hydrolysis) is 1. The molecule has 7 saturated heterocycles. The van der Waals surface area contributed by atoms with Crippen LogP contribution in [0.1, 0.15) is 103 Å². The molecule has 0 aromatic heterocycles. The number of rotatable bonds is 7. The zero-order valence-electron chi connectivity index (χ0n) is 37.3. The van der Waals surface area contributed by atoms with E-state index in [2.05, 4.69) is 25.7 Å². The summed E-state index contributed by atoms with van der Waals surface area (Å²) in [7, 11) is 1.62. The summed E-state index contributed by atoms with van der Waals surface area (Å²) < 4.78 is 60.7. The number of Topliss-reactive ketones (excluding diaryl/α,β-unsaturated/α-hetero) is 1. The van der Waals surface area contributed by atoms with Crippen molar-refractivity contribution < 1.29 is 62.4 Å². The molecule has 0 radical (unpaired) electrons. The number of fused-ring (bicyclic) bond motifs is 8. The number of carbonyl (C=O) groups excluding carboxylic acids is 2. The number of nitrogens with one attached hydrogen (secondary N) is 1. The van der Waals surface area contributed by atoms with Crippen LogP contribution in [0.15, 0.2) is 41.4 Å². The number of nitrogen functional groups attached to an aromatic ring is 1. The number of hydrogen-bond acceptors (Lipinski definition) is 15. The lowest BCUT2D eigenvalue weighted by Crippen LogP contribution is -2.69. The molecule has 352 valence electrons. The molecule has 16 nitrogen and oxygen atoms in total. The standard InChI is InChI=1S/C48H67N3O13/c1-24-15-32-13-14-47-21-35(54)44(63-47)42-26(3)45(64-47)48-40(61-42)12-10-33(62-48)17-29(52)18-34-37(20-38-41(51-48)25(2)16-31(59-38)9-11-36(24)58-32)60-39(43(34)56-4)19-30(53)22-50-46(55)57-23-27-5-7-28(49)8-6-27/h5-8,25-26,30-40,42-45,53-54H,1,9-23,49H2,2-4H3,(H,50,55)/b51-41-/t25-,26?,30+,31+,32+,33-,34+,35-,36+,37+,38-,39-,40+,42?,43-,44+,45-,47+,48+/m1/s1. The Morgan fingerprint density at radius 1 is 0.953 bits per heavy atom. The van der Waals surface area contributed by atoms with Crippen molar-refractivity contribution >= 4 is 23.3 Å². The van der Waals surface area contributed by atoms with E-state index in [0.29, 0.717) is 44.2 Å². The van der Waals surface area contributed by atoms with Gasteiger partial charge in [-0.25, -0.2) is 4.79 Å². The summed E-state index contributed by atoms with van der Waals surface area (Å²) in [4.78, 5) is 32.7. The van der Waals surface area contributed by atoms with E-state index in [1.54, 1.807) is 31.4 Å². The van der Waals surface area contributed by atoms with Crippen LogP contribution in [-0.2, 0) is 54.0 Å². The molecule has 10 heterocycles. The maximum Gasteiger partial charge on any atom is 0.407 e. The van der Waals surface area contributed by atoms with Crippen LogP contribution in [0.25, 0.3) is 0 Å². The maximum atomic E-state index is 14.4. The van der Waals surface area contributed by atoms with Crippen LogP contribution < -0.4 is 11.1 Å². The van der Waals surface area contributed by atoms with Crippen LogP contribution in [0, 0.1) is 17.8 Å². The summed E-state index contributed by atoms with van der Waals surface area (Å²) in [6, 6.07) is 7.05. The second-order valence-electron chi connectivity index (χ2n) is 20.3. The van der Waals surface area contributed by atoms with Gasteiger partial charge >= 0.3 is 6.09 Å². The summed E-state index contributed by atoms with van der Waals surface area (Å²) in [5, 5.41) is 25.5. The Morgan fingerprint density at radius 2 is 1.75 bits per heavy atom. The first kappa shape index (κ1) is 44.8. The van der Waals surface area contributed by atoms with E-state index >= 15 is 0 Å². The second kappa shape index (κ2) is 17.9. The molecule has 1 aromatic rings. The van der Waals surface area contributed by atoms with Crippen LogP contribution in [0.3, 0.4) is 0 Å². The number of hydrogen-bond donors (Lipinski definition) is 4. The number of aliphatic hydroxyl groups is 2. The van der Waals surface area contributed by atoms with Gasteiger partial charge in [0.15, 0.2) is 5.79 Å². The zero-order chi connectivity index (χ0) is 44.5. The number of aliphatic imine (C=N–C) groups is 1. The average molecular weight is 894 g/mol. The number of carbonyl (C=O) groups is 2. The third kappa shape index (κ3) is 8.58.